The molecule has 1 aliphatic heterocycles. The van der Waals surface area contributed by atoms with Crippen molar-refractivity contribution in [3.8, 4) is 11.5 Å². The average molecular weight is 287 g/mol. The van der Waals surface area contributed by atoms with Gasteiger partial charge in [-0.15, -0.1) is 0 Å². The number of phenols is 1. The molecule has 2 heteroatoms. The van der Waals surface area contributed by atoms with Gasteiger partial charge in [0.2, 0.25) is 0 Å². The molecule has 0 radical (unpaired) electrons. The third kappa shape index (κ3) is 2.45. The van der Waals surface area contributed by atoms with Crippen molar-refractivity contribution in [1.82, 2.24) is 0 Å². The lowest BCUT2D eigenvalue weighted by Gasteiger charge is -2.46. The van der Waals surface area contributed by atoms with Crippen molar-refractivity contribution in [2.45, 2.75) is 64.9 Å². The fourth-order valence-corrected chi connectivity index (χ4v) is 4.01. The minimum atomic E-state index is -0.174. The van der Waals surface area contributed by atoms with E-state index in [4.69, 9.17) is 4.74 Å². The van der Waals surface area contributed by atoms with Crippen LogP contribution in [-0.4, -0.2) is 10.7 Å². The summed E-state index contributed by atoms with van der Waals surface area (Å²) >= 11 is 0. The quantitative estimate of drug-likeness (QED) is 0.615. The molecule has 0 aromatic heterocycles. The maximum Gasteiger partial charge on any atom is 0.127 e. The highest BCUT2D eigenvalue weighted by Gasteiger charge is 2.45. The van der Waals surface area contributed by atoms with Gasteiger partial charge in [0.05, 0.1) is 0 Å². The Bertz CT molecular complexity index is 583. The molecule has 1 aliphatic carbocycles. The normalized spacial score (nSPS) is 26.4. The molecule has 2 aliphatic rings. The van der Waals surface area contributed by atoms with Crippen molar-refractivity contribution in [1.29, 1.82) is 0 Å². The lowest BCUT2D eigenvalue weighted by Crippen LogP contribution is -2.45. The number of ether oxygens (including phenoxy) is 1. The van der Waals surface area contributed by atoms with Gasteiger partial charge in [0.25, 0.3) is 0 Å². The van der Waals surface area contributed by atoms with Crippen LogP contribution in [0.3, 0.4) is 0 Å². The molecule has 0 spiro atoms. The molecule has 3 rings (SSSR count). The molecule has 1 aromatic rings. The molecular weight excluding hydrogens is 261 g/mol. The summed E-state index contributed by atoms with van der Waals surface area (Å²) in [5.74, 6) is 2.02. The van der Waals surface area contributed by atoms with Gasteiger partial charge in [-0.3, -0.25) is 0 Å². The van der Waals surface area contributed by atoms with Crippen molar-refractivity contribution in [2.24, 2.45) is 5.92 Å². The highest BCUT2D eigenvalue weighted by atomic mass is 16.5. The first-order valence-corrected chi connectivity index (χ1v) is 8.14. The van der Waals surface area contributed by atoms with Crippen LogP contribution in [0.5, 0.6) is 11.5 Å². The Balaban J connectivity index is 2.13. The Hall–Kier alpha value is -1.44. The largest absolute Gasteiger partial charge is 0.507 e. The van der Waals surface area contributed by atoms with Crippen LogP contribution >= 0.6 is 0 Å². The maximum atomic E-state index is 10.5. The van der Waals surface area contributed by atoms with E-state index in [2.05, 4.69) is 39.8 Å². The molecule has 1 heterocycles. The summed E-state index contributed by atoms with van der Waals surface area (Å²) in [4.78, 5) is 0. The SMILES string of the molecule is CCCc1cc(O)c2c(c1)OC(C)(C)C1CCC([13CH3])=CC21. The number of rotatable bonds is 2. The minimum absolute atomic E-state index is 0.174. The van der Waals surface area contributed by atoms with Gasteiger partial charge in [-0.25, -0.2) is 0 Å². The Labute approximate surface area is 127 Å². The minimum Gasteiger partial charge on any atom is -0.507 e. The number of allylic oxidation sites excluding steroid dienone is 2. The molecule has 0 saturated carbocycles. The molecule has 2 unspecified atom stereocenters. The standard InChI is InChI=1S/C19H26O2/c1-5-6-13-10-16(20)18-14-9-12(2)7-8-15(14)19(3,4)21-17(18)11-13/h9-11,14-15,20H,5-8H2,1-4H3/i2+1. The van der Waals surface area contributed by atoms with E-state index >= 15 is 0 Å². The summed E-state index contributed by atoms with van der Waals surface area (Å²) in [5, 5.41) is 10.5. The molecule has 21 heavy (non-hydrogen) atoms. The van der Waals surface area contributed by atoms with Gasteiger partial charge >= 0.3 is 0 Å². The van der Waals surface area contributed by atoms with Crippen molar-refractivity contribution in [3.63, 3.8) is 0 Å². The van der Waals surface area contributed by atoms with Crippen molar-refractivity contribution in [2.75, 3.05) is 0 Å². The highest BCUT2D eigenvalue weighted by molar-refractivity contribution is 5.53. The first kappa shape index (κ1) is 14.5. The molecule has 0 amide bonds. The molecule has 1 aromatic carbocycles. The fourth-order valence-electron chi connectivity index (χ4n) is 4.01. The number of benzene rings is 1. The van der Waals surface area contributed by atoms with E-state index in [0.717, 1.165) is 37.0 Å². The van der Waals surface area contributed by atoms with Crippen LogP contribution in [0.1, 0.15) is 64.0 Å². The predicted octanol–water partition coefficient (Wildman–Crippen LogP) is 4.96. The van der Waals surface area contributed by atoms with Crippen molar-refractivity contribution >= 4 is 0 Å². The van der Waals surface area contributed by atoms with Gasteiger partial charge in [-0.2, -0.15) is 0 Å². The van der Waals surface area contributed by atoms with Gasteiger partial charge in [-0.1, -0.05) is 25.0 Å². The van der Waals surface area contributed by atoms with Gasteiger partial charge < -0.3 is 9.84 Å². The van der Waals surface area contributed by atoms with E-state index in [1.165, 1.54) is 11.1 Å². The summed E-state index contributed by atoms with van der Waals surface area (Å²) in [7, 11) is 0. The summed E-state index contributed by atoms with van der Waals surface area (Å²) < 4.78 is 6.30. The Kier molecular flexibility index (Phi) is 3.51. The topological polar surface area (TPSA) is 29.5 Å². The molecule has 1 N–H and O–H groups in total. The van der Waals surface area contributed by atoms with Crippen LogP contribution in [0.2, 0.25) is 0 Å². The fraction of sp³-hybridized carbons (Fsp3) is 0.579. The second-order valence-electron chi connectivity index (χ2n) is 7.17. The number of aryl methyl sites for hydroxylation is 1. The number of fused-ring (bicyclic) bond motifs is 3. The van der Waals surface area contributed by atoms with E-state index in [1.54, 1.807) is 0 Å². The van der Waals surface area contributed by atoms with Crippen LogP contribution in [0.4, 0.5) is 0 Å². The number of phenolic OH excluding ortho intramolecular Hbond substituents is 1. The van der Waals surface area contributed by atoms with Crippen LogP contribution in [0.25, 0.3) is 0 Å². The maximum absolute atomic E-state index is 10.5. The summed E-state index contributed by atoms with van der Waals surface area (Å²) in [6.07, 6.45) is 6.67. The number of aromatic hydroxyl groups is 1. The van der Waals surface area contributed by atoms with Crippen LogP contribution in [-0.2, 0) is 6.42 Å². The van der Waals surface area contributed by atoms with E-state index < -0.39 is 0 Å². The van der Waals surface area contributed by atoms with E-state index in [0.29, 0.717) is 11.7 Å². The molecule has 0 fully saturated rings. The zero-order chi connectivity index (χ0) is 15.2. The van der Waals surface area contributed by atoms with Crippen LogP contribution in [0, 0.1) is 5.92 Å². The highest BCUT2D eigenvalue weighted by Crippen LogP contribution is 2.53. The number of hydrogen-bond acceptors (Lipinski definition) is 2. The molecule has 0 bridgehead atoms. The average Bonchev–Trinajstić information content (AvgIpc) is 2.37. The van der Waals surface area contributed by atoms with E-state index in [9.17, 15) is 5.11 Å². The van der Waals surface area contributed by atoms with E-state index in [1.807, 2.05) is 6.07 Å². The smallest absolute Gasteiger partial charge is 0.127 e. The van der Waals surface area contributed by atoms with Gasteiger partial charge in [0.1, 0.15) is 17.1 Å². The molecule has 2 atom stereocenters. The second-order valence-corrected chi connectivity index (χ2v) is 7.17. The lowest BCUT2D eigenvalue weighted by atomic mass is 9.68. The molecule has 0 saturated heterocycles. The first-order valence-electron chi connectivity index (χ1n) is 8.14. The lowest BCUT2D eigenvalue weighted by molar-refractivity contribution is 0.0107. The second kappa shape index (κ2) is 5.08. The zero-order valence-electron chi connectivity index (χ0n) is 13.6. The van der Waals surface area contributed by atoms with Crippen LogP contribution < -0.4 is 4.74 Å². The Morgan fingerprint density at radius 1 is 1.33 bits per heavy atom. The summed E-state index contributed by atoms with van der Waals surface area (Å²) in [6.45, 7) is 8.72. The van der Waals surface area contributed by atoms with Crippen LogP contribution in [0.15, 0.2) is 23.8 Å². The molecule has 2 nitrogen and oxygen atoms in total. The van der Waals surface area contributed by atoms with Gasteiger partial charge in [0, 0.05) is 17.4 Å². The first-order chi connectivity index (χ1) is 9.92. The van der Waals surface area contributed by atoms with Crippen molar-refractivity contribution in [3.05, 3.63) is 34.9 Å². The molecule has 114 valence electrons. The monoisotopic (exact) mass is 287 g/mol. The molecular formula is C19H26O2. The predicted molar refractivity (Wildman–Crippen MR) is 86.0 cm³/mol. The third-order valence-corrected chi connectivity index (χ3v) is 5.07. The van der Waals surface area contributed by atoms with E-state index in [-0.39, 0.29) is 11.5 Å². The van der Waals surface area contributed by atoms with Crippen molar-refractivity contribution < 1.29 is 9.84 Å². The zero-order valence-corrected chi connectivity index (χ0v) is 13.6. The van der Waals surface area contributed by atoms with Gasteiger partial charge in [0.15, 0.2) is 0 Å². The summed E-state index contributed by atoms with van der Waals surface area (Å²) in [5.41, 5.74) is 3.42. The third-order valence-electron chi connectivity index (χ3n) is 5.07. The number of hydrogen-bond donors (Lipinski definition) is 1. The Morgan fingerprint density at radius 3 is 2.81 bits per heavy atom. The van der Waals surface area contributed by atoms with Gasteiger partial charge in [-0.05, 0) is 57.7 Å². The summed E-state index contributed by atoms with van der Waals surface area (Å²) in [6, 6.07) is 4.06. The Morgan fingerprint density at radius 2 is 2.10 bits per heavy atom.